The second kappa shape index (κ2) is 5.38. The Morgan fingerprint density at radius 3 is 2.94 bits per heavy atom. The van der Waals surface area contributed by atoms with Crippen molar-refractivity contribution in [3.05, 3.63) is 28.5 Å². The molecule has 0 amide bonds. The van der Waals surface area contributed by atoms with Crippen LogP contribution in [-0.4, -0.2) is 23.3 Å². The van der Waals surface area contributed by atoms with E-state index < -0.39 is 0 Å². The van der Waals surface area contributed by atoms with Gasteiger partial charge in [0.2, 0.25) is 0 Å². The summed E-state index contributed by atoms with van der Waals surface area (Å²) in [6, 6.07) is 6.06. The fraction of sp³-hybridized carbons (Fsp3) is 0.417. The van der Waals surface area contributed by atoms with E-state index >= 15 is 0 Å². The quantitative estimate of drug-likeness (QED) is 0.803. The lowest BCUT2D eigenvalue weighted by molar-refractivity contribution is 0.187. The Bertz CT molecular complexity index is 524. The van der Waals surface area contributed by atoms with Crippen molar-refractivity contribution in [1.82, 2.24) is 9.55 Å². The van der Waals surface area contributed by atoms with E-state index in [1.54, 1.807) is 7.11 Å². The van der Waals surface area contributed by atoms with E-state index in [0.717, 1.165) is 27.9 Å². The number of hydrogen-bond acceptors (Lipinski definition) is 2. The smallest absolute Gasteiger partial charge is 0.127 e. The number of ether oxygens (including phenoxy) is 1. The average molecular weight is 318 g/mol. The van der Waals surface area contributed by atoms with Gasteiger partial charge in [0.25, 0.3) is 0 Å². The van der Waals surface area contributed by atoms with Crippen LogP contribution < -0.4 is 0 Å². The SMILES string of the molecule is COCCn1c(C(C)Cl)nc2cc(Br)ccc21. The lowest BCUT2D eigenvalue weighted by Gasteiger charge is -2.09. The number of nitrogens with zero attached hydrogens (tertiary/aromatic N) is 2. The summed E-state index contributed by atoms with van der Waals surface area (Å²) >= 11 is 9.61. The molecule has 0 saturated carbocycles. The summed E-state index contributed by atoms with van der Waals surface area (Å²) in [5.74, 6) is 0.886. The Hall–Kier alpha value is -0.580. The minimum Gasteiger partial charge on any atom is -0.383 e. The molecule has 17 heavy (non-hydrogen) atoms. The molecule has 0 aliphatic heterocycles. The highest BCUT2D eigenvalue weighted by Crippen LogP contribution is 2.26. The highest BCUT2D eigenvalue weighted by Gasteiger charge is 2.14. The van der Waals surface area contributed by atoms with Gasteiger partial charge < -0.3 is 9.30 Å². The van der Waals surface area contributed by atoms with Gasteiger partial charge in [-0.2, -0.15) is 0 Å². The minimum atomic E-state index is -0.113. The summed E-state index contributed by atoms with van der Waals surface area (Å²) in [7, 11) is 1.69. The van der Waals surface area contributed by atoms with E-state index in [1.165, 1.54) is 0 Å². The molecular weight excluding hydrogens is 304 g/mol. The number of alkyl halides is 1. The van der Waals surface area contributed by atoms with Gasteiger partial charge in [-0.1, -0.05) is 15.9 Å². The van der Waals surface area contributed by atoms with Crippen molar-refractivity contribution < 1.29 is 4.74 Å². The third-order valence-corrected chi connectivity index (χ3v) is 3.30. The molecule has 5 heteroatoms. The monoisotopic (exact) mass is 316 g/mol. The number of benzene rings is 1. The number of halogens is 2. The summed E-state index contributed by atoms with van der Waals surface area (Å²) < 4.78 is 8.26. The van der Waals surface area contributed by atoms with E-state index in [9.17, 15) is 0 Å². The second-order valence-electron chi connectivity index (χ2n) is 3.86. The molecular formula is C12H14BrClN2O. The predicted molar refractivity (Wildman–Crippen MR) is 73.6 cm³/mol. The van der Waals surface area contributed by atoms with Gasteiger partial charge in [-0.25, -0.2) is 4.98 Å². The lowest BCUT2D eigenvalue weighted by Crippen LogP contribution is -2.08. The zero-order valence-electron chi connectivity index (χ0n) is 9.78. The summed E-state index contributed by atoms with van der Waals surface area (Å²) in [4.78, 5) is 4.57. The number of rotatable bonds is 4. The van der Waals surface area contributed by atoms with Gasteiger partial charge in [-0.15, -0.1) is 11.6 Å². The van der Waals surface area contributed by atoms with Crippen LogP contribution in [0.1, 0.15) is 18.1 Å². The van der Waals surface area contributed by atoms with Crippen molar-refractivity contribution >= 4 is 38.6 Å². The number of imidazole rings is 1. The summed E-state index contributed by atoms with van der Waals surface area (Å²) in [5.41, 5.74) is 2.05. The molecule has 2 aromatic rings. The maximum atomic E-state index is 6.16. The first kappa shape index (κ1) is 12.9. The molecule has 0 aliphatic carbocycles. The fourth-order valence-electron chi connectivity index (χ4n) is 1.84. The van der Waals surface area contributed by atoms with Crippen LogP contribution in [-0.2, 0) is 11.3 Å². The molecule has 1 heterocycles. The molecule has 3 nitrogen and oxygen atoms in total. The van der Waals surface area contributed by atoms with E-state index in [0.29, 0.717) is 6.61 Å². The summed E-state index contributed by atoms with van der Waals surface area (Å²) in [6.45, 7) is 3.35. The van der Waals surface area contributed by atoms with Gasteiger partial charge in [-0.05, 0) is 25.1 Å². The standard InChI is InChI=1S/C12H14BrClN2O/c1-8(14)12-15-10-7-9(13)3-4-11(10)16(12)5-6-17-2/h3-4,7-8H,5-6H2,1-2H3. The summed E-state index contributed by atoms with van der Waals surface area (Å²) in [5, 5.41) is -0.113. The minimum absolute atomic E-state index is 0.113. The van der Waals surface area contributed by atoms with Crippen LogP contribution in [0.5, 0.6) is 0 Å². The molecule has 1 aromatic heterocycles. The molecule has 1 unspecified atom stereocenters. The molecule has 0 aliphatic rings. The van der Waals surface area contributed by atoms with E-state index in [-0.39, 0.29) is 5.38 Å². The Kier molecular flexibility index (Phi) is 4.07. The number of hydrogen-bond donors (Lipinski definition) is 0. The number of fused-ring (bicyclic) bond motifs is 1. The third kappa shape index (κ3) is 2.64. The Labute approximate surface area is 114 Å². The molecule has 0 bridgehead atoms. The maximum absolute atomic E-state index is 6.16. The first-order valence-corrected chi connectivity index (χ1v) is 6.65. The van der Waals surface area contributed by atoms with Crippen molar-refractivity contribution in [1.29, 1.82) is 0 Å². The second-order valence-corrected chi connectivity index (χ2v) is 5.43. The van der Waals surface area contributed by atoms with E-state index in [4.69, 9.17) is 16.3 Å². The Balaban J connectivity index is 2.54. The van der Waals surface area contributed by atoms with Crippen LogP contribution in [0.2, 0.25) is 0 Å². The Morgan fingerprint density at radius 1 is 1.53 bits per heavy atom. The summed E-state index contributed by atoms with van der Waals surface area (Å²) in [6.07, 6.45) is 0. The molecule has 1 atom stereocenters. The highest BCUT2D eigenvalue weighted by molar-refractivity contribution is 9.10. The van der Waals surface area contributed by atoms with Crippen molar-refractivity contribution in [2.75, 3.05) is 13.7 Å². The van der Waals surface area contributed by atoms with Crippen LogP contribution in [0.15, 0.2) is 22.7 Å². The zero-order valence-corrected chi connectivity index (χ0v) is 12.1. The van der Waals surface area contributed by atoms with Crippen LogP contribution in [0.4, 0.5) is 0 Å². The van der Waals surface area contributed by atoms with Gasteiger partial charge in [0.1, 0.15) is 5.82 Å². The van der Waals surface area contributed by atoms with Gasteiger partial charge in [0, 0.05) is 18.1 Å². The molecule has 92 valence electrons. The molecule has 0 N–H and O–H groups in total. The van der Waals surface area contributed by atoms with Gasteiger partial charge in [-0.3, -0.25) is 0 Å². The number of aromatic nitrogens is 2. The fourth-order valence-corrected chi connectivity index (χ4v) is 2.36. The van der Waals surface area contributed by atoms with Gasteiger partial charge >= 0.3 is 0 Å². The first-order valence-electron chi connectivity index (χ1n) is 5.42. The largest absolute Gasteiger partial charge is 0.383 e. The normalized spacial score (nSPS) is 13.2. The van der Waals surface area contributed by atoms with Crippen molar-refractivity contribution in [2.24, 2.45) is 0 Å². The van der Waals surface area contributed by atoms with Crippen molar-refractivity contribution in [3.8, 4) is 0 Å². The van der Waals surface area contributed by atoms with Crippen LogP contribution in [0.25, 0.3) is 11.0 Å². The molecule has 0 spiro atoms. The topological polar surface area (TPSA) is 27.1 Å². The maximum Gasteiger partial charge on any atom is 0.127 e. The molecule has 0 fully saturated rings. The van der Waals surface area contributed by atoms with Crippen LogP contribution in [0, 0.1) is 0 Å². The molecule has 2 rings (SSSR count). The highest BCUT2D eigenvalue weighted by atomic mass is 79.9. The Morgan fingerprint density at radius 2 is 2.29 bits per heavy atom. The zero-order chi connectivity index (χ0) is 12.4. The number of methoxy groups -OCH3 is 1. The average Bonchev–Trinajstić information content (AvgIpc) is 2.64. The van der Waals surface area contributed by atoms with E-state index in [1.807, 2.05) is 25.1 Å². The van der Waals surface area contributed by atoms with E-state index in [2.05, 4.69) is 25.5 Å². The van der Waals surface area contributed by atoms with Crippen LogP contribution >= 0.6 is 27.5 Å². The predicted octanol–water partition coefficient (Wildman–Crippen LogP) is 3.75. The lowest BCUT2D eigenvalue weighted by atomic mass is 10.3. The van der Waals surface area contributed by atoms with Gasteiger partial charge in [0.05, 0.1) is 23.0 Å². The molecule has 0 radical (unpaired) electrons. The molecule has 0 saturated heterocycles. The van der Waals surface area contributed by atoms with Crippen molar-refractivity contribution in [2.45, 2.75) is 18.8 Å². The van der Waals surface area contributed by atoms with Crippen molar-refractivity contribution in [3.63, 3.8) is 0 Å². The van der Waals surface area contributed by atoms with Crippen LogP contribution in [0.3, 0.4) is 0 Å². The third-order valence-electron chi connectivity index (χ3n) is 2.61. The van der Waals surface area contributed by atoms with Gasteiger partial charge in [0.15, 0.2) is 0 Å². The first-order chi connectivity index (χ1) is 8.13. The molecule has 1 aromatic carbocycles.